The number of carbonyl (C=O) groups is 2. The molecule has 0 spiro atoms. The molecule has 2 aromatic rings. The molecule has 1 heterocycles. The summed E-state index contributed by atoms with van der Waals surface area (Å²) in [5, 5.41) is 0. The summed E-state index contributed by atoms with van der Waals surface area (Å²) in [6.45, 7) is 3.68. The zero-order chi connectivity index (χ0) is 14.0. The number of rotatable bonds is 3. The number of carbonyl (C=O) groups excluding carboxylic acids is 2. The van der Waals surface area contributed by atoms with E-state index in [1.54, 1.807) is 19.1 Å². The Kier molecular flexibility index (Phi) is 3.46. The van der Waals surface area contributed by atoms with Crippen LogP contribution in [0, 0.1) is 13.8 Å². The van der Waals surface area contributed by atoms with Crippen molar-refractivity contribution in [2.75, 3.05) is 7.11 Å². The maximum absolute atomic E-state index is 11.6. The van der Waals surface area contributed by atoms with E-state index in [1.807, 2.05) is 13.0 Å². The van der Waals surface area contributed by atoms with Gasteiger partial charge in [-0.3, -0.25) is 4.79 Å². The summed E-state index contributed by atoms with van der Waals surface area (Å²) in [4.78, 5) is 29.7. The van der Waals surface area contributed by atoms with Crippen LogP contribution in [0.1, 0.15) is 32.2 Å². The van der Waals surface area contributed by atoms with Gasteiger partial charge in [-0.2, -0.15) is 0 Å². The lowest BCUT2D eigenvalue weighted by molar-refractivity contribution is 0.0600. The van der Waals surface area contributed by atoms with Crippen LogP contribution in [0.15, 0.2) is 18.2 Å². The summed E-state index contributed by atoms with van der Waals surface area (Å²) >= 11 is 0. The van der Waals surface area contributed by atoms with Crippen molar-refractivity contribution in [1.29, 1.82) is 0 Å². The zero-order valence-electron chi connectivity index (χ0n) is 11.0. The highest BCUT2D eigenvalue weighted by Gasteiger charge is 2.14. The molecule has 0 aliphatic carbocycles. The third kappa shape index (κ3) is 2.40. The lowest BCUT2D eigenvalue weighted by Gasteiger charge is -2.07. The molecule has 1 N–H and O–H groups in total. The first-order chi connectivity index (χ1) is 9.06. The molecular weight excluding hydrogens is 244 g/mol. The molecule has 0 aliphatic heterocycles. The molecule has 5 heteroatoms. The number of ether oxygens (including phenoxy) is 1. The van der Waals surface area contributed by atoms with Gasteiger partial charge in [0.1, 0.15) is 11.5 Å². The van der Waals surface area contributed by atoms with E-state index in [0.717, 1.165) is 11.1 Å². The lowest BCUT2D eigenvalue weighted by Crippen LogP contribution is -2.02. The Balaban J connectivity index is 2.60. The predicted octanol–water partition coefficient (Wildman–Crippen LogP) is 2.29. The predicted molar refractivity (Wildman–Crippen MR) is 70.2 cm³/mol. The maximum Gasteiger partial charge on any atom is 0.337 e. The van der Waals surface area contributed by atoms with Gasteiger partial charge in [0.05, 0.1) is 18.4 Å². The van der Waals surface area contributed by atoms with Gasteiger partial charge >= 0.3 is 5.97 Å². The van der Waals surface area contributed by atoms with E-state index in [2.05, 4.69) is 9.97 Å². The van der Waals surface area contributed by atoms with Crippen molar-refractivity contribution in [2.45, 2.75) is 13.8 Å². The van der Waals surface area contributed by atoms with Gasteiger partial charge in [-0.25, -0.2) is 9.78 Å². The normalized spacial score (nSPS) is 10.3. The molecule has 98 valence electrons. The number of aromatic amines is 1. The van der Waals surface area contributed by atoms with Crippen molar-refractivity contribution in [2.24, 2.45) is 0 Å². The maximum atomic E-state index is 11.6. The van der Waals surface area contributed by atoms with E-state index in [4.69, 9.17) is 4.74 Å². The quantitative estimate of drug-likeness (QED) is 0.677. The Morgan fingerprint density at radius 3 is 2.74 bits per heavy atom. The van der Waals surface area contributed by atoms with Crippen molar-refractivity contribution in [3.8, 4) is 11.3 Å². The SMILES string of the molecule is COC(=O)c1ccc(C)c(-c2[nH]c(C)nc2C=O)c1. The number of H-pyrrole nitrogens is 1. The van der Waals surface area contributed by atoms with Gasteiger partial charge in [0.15, 0.2) is 6.29 Å². The van der Waals surface area contributed by atoms with E-state index >= 15 is 0 Å². The number of nitrogens with one attached hydrogen (secondary N) is 1. The molecule has 0 bridgehead atoms. The molecule has 2 rings (SSSR count). The first-order valence-corrected chi connectivity index (χ1v) is 5.78. The summed E-state index contributed by atoms with van der Waals surface area (Å²) < 4.78 is 4.69. The van der Waals surface area contributed by atoms with Crippen molar-refractivity contribution in [3.05, 3.63) is 40.8 Å². The smallest absolute Gasteiger partial charge is 0.337 e. The highest BCUT2D eigenvalue weighted by atomic mass is 16.5. The van der Waals surface area contributed by atoms with Crippen LogP contribution in [0.25, 0.3) is 11.3 Å². The Bertz CT molecular complexity index is 644. The number of methoxy groups -OCH3 is 1. The highest BCUT2D eigenvalue weighted by molar-refractivity contribution is 5.92. The van der Waals surface area contributed by atoms with Crippen molar-refractivity contribution in [1.82, 2.24) is 9.97 Å². The molecule has 19 heavy (non-hydrogen) atoms. The minimum absolute atomic E-state index is 0.336. The molecule has 0 unspecified atom stereocenters. The van der Waals surface area contributed by atoms with Crippen LogP contribution >= 0.6 is 0 Å². The summed E-state index contributed by atoms with van der Waals surface area (Å²) in [5.41, 5.74) is 3.11. The molecule has 0 fully saturated rings. The Hall–Kier alpha value is -2.43. The topological polar surface area (TPSA) is 72.1 Å². The Morgan fingerprint density at radius 1 is 1.37 bits per heavy atom. The standard InChI is InChI=1S/C14H14N2O3/c1-8-4-5-10(14(18)19-3)6-11(8)13-12(7-17)15-9(2)16-13/h4-7H,1-3H3,(H,15,16). The number of nitrogens with zero attached hydrogens (tertiary/aromatic N) is 1. The number of aromatic nitrogens is 2. The van der Waals surface area contributed by atoms with Crippen LogP contribution in [0.4, 0.5) is 0 Å². The van der Waals surface area contributed by atoms with Crippen LogP contribution < -0.4 is 0 Å². The molecule has 0 saturated carbocycles. The van der Waals surface area contributed by atoms with Crippen LogP contribution in [0.5, 0.6) is 0 Å². The van der Waals surface area contributed by atoms with E-state index < -0.39 is 5.97 Å². The fourth-order valence-electron chi connectivity index (χ4n) is 1.94. The third-order valence-corrected chi connectivity index (χ3v) is 2.89. The molecule has 0 radical (unpaired) electrons. The van der Waals surface area contributed by atoms with Crippen LogP contribution in [-0.2, 0) is 4.74 Å². The number of esters is 1. The highest BCUT2D eigenvalue weighted by Crippen LogP contribution is 2.25. The van der Waals surface area contributed by atoms with Crippen molar-refractivity contribution in [3.63, 3.8) is 0 Å². The summed E-state index contributed by atoms with van der Waals surface area (Å²) in [6, 6.07) is 5.20. The van der Waals surface area contributed by atoms with E-state index in [9.17, 15) is 9.59 Å². The fourth-order valence-corrected chi connectivity index (χ4v) is 1.94. The number of hydrogen-bond acceptors (Lipinski definition) is 4. The van der Waals surface area contributed by atoms with E-state index in [1.165, 1.54) is 7.11 Å². The van der Waals surface area contributed by atoms with Gasteiger partial charge < -0.3 is 9.72 Å². The molecule has 1 aromatic heterocycles. The zero-order valence-corrected chi connectivity index (χ0v) is 11.0. The summed E-state index contributed by atoms with van der Waals surface area (Å²) in [7, 11) is 1.33. The van der Waals surface area contributed by atoms with Gasteiger partial charge in [-0.1, -0.05) is 6.07 Å². The largest absolute Gasteiger partial charge is 0.465 e. The second-order valence-electron chi connectivity index (χ2n) is 4.22. The molecule has 0 amide bonds. The molecular formula is C14H14N2O3. The number of benzene rings is 1. The van der Waals surface area contributed by atoms with Crippen LogP contribution in [-0.4, -0.2) is 29.3 Å². The lowest BCUT2D eigenvalue weighted by atomic mass is 10.0. The van der Waals surface area contributed by atoms with Crippen molar-refractivity contribution >= 4 is 12.3 Å². The molecule has 0 aliphatic rings. The molecule has 1 aromatic carbocycles. The fraction of sp³-hybridized carbons (Fsp3) is 0.214. The van der Waals surface area contributed by atoms with Crippen LogP contribution in [0.2, 0.25) is 0 Å². The van der Waals surface area contributed by atoms with Gasteiger partial charge in [-0.05, 0) is 31.5 Å². The van der Waals surface area contributed by atoms with E-state index in [-0.39, 0.29) is 0 Å². The minimum Gasteiger partial charge on any atom is -0.465 e. The molecule has 0 saturated heterocycles. The molecule has 5 nitrogen and oxygen atoms in total. The first-order valence-electron chi connectivity index (χ1n) is 5.78. The van der Waals surface area contributed by atoms with Gasteiger partial charge in [0.25, 0.3) is 0 Å². The van der Waals surface area contributed by atoms with Crippen LogP contribution in [0.3, 0.4) is 0 Å². The first kappa shape index (κ1) is 13.0. The second-order valence-corrected chi connectivity index (χ2v) is 4.22. The van der Waals surface area contributed by atoms with E-state index in [0.29, 0.717) is 29.1 Å². The Labute approximate surface area is 110 Å². The average molecular weight is 258 g/mol. The minimum atomic E-state index is -0.412. The number of aldehydes is 1. The Morgan fingerprint density at radius 2 is 2.11 bits per heavy atom. The molecule has 0 atom stereocenters. The van der Waals surface area contributed by atoms with Gasteiger partial charge in [-0.15, -0.1) is 0 Å². The third-order valence-electron chi connectivity index (χ3n) is 2.89. The van der Waals surface area contributed by atoms with Gasteiger partial charge in [0.2, 0.25) is 0 Å². The number of imidazole rings is 1. The second kappa shape index (κ2) is 5.06. The average Bonchev–Trinajstić information content (AvgIpc) is 2.79. The van der Waals surface area contributed by atoms with Gasteiger partial charge in [0, 0.05) is 5.56 Å². The monoisotopic (exact) mass is 258 g/mol. The number of aryl methyl sites for hydroxylation is 2. The summed E-state index contributed by atoms with van der Waals surface area (Å²) in [6.07, 6.45) is 0.698. The van der Waals surface area contributed by atoms with Crippen molar-refractivity contribution < 1.29 is 14.3 Å². The summed E-state index contributed by atoms with van der Waals surface area (Å²) in [5.74, 6) is 0.241. The number of hydrogen-bond donors (Lipinski definition) is 1.